The first-order valence-corrected chi connectivity index (χ1v) is 9.54. The molecule has 3 rings (SSSR count). The van der Waals surface area contributed by atoms with Crippen LogP contribution in [0.3, 0.4) is 0 Å². The molecular formula is C15H21FN2O3S. The Hall–Kier alpha value is -1.21. The quantitative estimate of drug-likeness (QED) is 0.838. The van der Waals surface area contributed by atoms with E-state index in [9.17, 15) is 12.8 Å². The zero-order valence-corrected chi connectivity index (χ0v) is 13.3. The van der Waals surface area contributed by atoms with Crippen LogP contribution in [0, 0.1) is 11.7 Å². The third-order valence-corrected chi connectivity index (χ3v) is 6.15. The highest BCUT2D eigenvalue weighted by molar-refractivity contribution is 7.91. The van der Waals surface area contributed by atoms with E-state index in [1.165, 1.54) is 18.3 Å². The van der Waals surface area contributed by atoms with Crippen molar-refractivity contribution in [3.05, 3.63) is 24.1 Å². The molecule has 0 spiro atoms. The molecule has 2 atom stereocenters. The number of sulfone groups is 1. The molecule has 2 fully saturated rings. The highest BCUT2D eigenvalue weighted by Crippen LogP contribution is 2.23. The van der Waals surface area contributed by atoms with Crippen molar-refractivity contribution in [1.82, 2.24) is 9.88 Å². The van der Waals surface area contributed by atoms with E-state index in [1.54, 1.807) is 0 Å². The van der Waals surface area contributed by atoms with Gasteiger partial charge < -0.3 is 4.74 Å². The first-order valence-electron chi connectivity index (χ1n) is 7.72. The molecule has 0 N–H and O–H groups in total. The third-order valence-electron chi connectivity index (χ3n) is 4.31. The summed E-state index contributed by atoms with van der Waals surface area (Å²) in [7, 11) is -2.83. The lowest BCUT2D eigenvalue weighted by Gasteiger charge is -2.33. The summed E-state index contributed by atoms with van der Waals surface area (Å²) in [5.41, 5.74) is 0. The third kappa shape index (κ3) is 3.95. The van der Waals surface area contributed by atoms with Crippen molar-refractivity contribution in [2.45, 2.75) is 25.4 Å². The van der Waals surface area contributed by atoms with Crippen molar-refractivity contribution in [3.63, 3.8) is 0 Å². The molecule has 5 nitrogen and oxygen atoms in total. The van der Waals surface area contributed by atoms with Gasteiger partial charge in [0.05, 0.1) is 11.5 Å². The second-order valence-electron chi connectivity index (χ2n) is 6.20. The topological polar surface area (TPSA) is 59.5 Å². The highest BCUT2D eigenvalue weighted by atomic mass is 32.2. The van der Waals surface area contributed by atoms with Crippen LogP contribution < -0.4 is 4.74 Å². The summed E-state index contributed by atoms with van der Waals surface area (Å²) in [6.45, 7) is 2.43. The van der Waals surface area contributed by atoms with Crippen molar-refractivity contribution in [2.75, 3.05) is 31.1 Å². The Morgan fingerprint density at radius 2 is 2.27 bits per heavy atom. The van der Waals surface area contributed by atoms with Gasteiger partial charge in [-0.25, -0.2) is 17.8 Å². The van der Waals surface area contributed by atoms with Gasteiger partial charge in [-0.15, -0.1) is 0 Å². The van der Waals surface area contributed by atoms with E-state index in [1.807, 2.05) is 0 Å². The molecule has 2 aliphatic heterocycles. The Labute approximate surface area is 130 Å². The van der Waals surface area contributed by atoms with Gasteiger partial charge in [0.25, 0.3) is 5.88 Å². The molecule has 2 saturated heterocycles. The summed E-state index contributed by atoms with van der Waals surface area (Å²) in [6, 6.07) is 2.88. The first-order chi connectivity index (χ1) is 10.5. The molecule has 0 saturated carbocycles. The van der Waals surface area contributed by atoms with E-state index in [0.29, 0.717) is 18.1 Å². The van der Waals surface area contributed by atoms with Crippen molar-refractivity contribution < 1.29 is 17.5 Å². The Kier molecular flexibility index (Phi) is 4.63. The first kappa shape index (κ1) is 15.7. The number of nitrogens with zero attached hydrogens (tertiary/aromatic N) is 2. The maximum atomic E-state index is 13.6. The number of piperidine rings is 1. The van der Waals surface area contributed by atoms with E-state index < -0.39 is 15.7 Å². The fourth-order valence-electron chi connectivity index (χ4n) is 3.27. The number of likely N-dealkylation sites (tertiary alicyclic amines) is 1. The van der Waals surface area contributed by atoms with Gasteiger partial charge in [-0.1, -0.05) is 0 Å². The molecule has 0 unspecified atom stereocenters. The van der Waals surface area contributed by atoms with Gasteiger partial charge in [0.1, 0.15) is 6.10 Å². The monoisotopic (exact) mass is 328 g/mol. The standard InChI is InChI=1S/C15H21FN2O3S/c16-14-4-1-6-17-15(14)21-13-3-2-7-18(10-13)9-12-5-8-22(19,20)11-12/h1,4,6,12-13H,2-3,5,7-11H2/t12-,13+/m1/s1. The van der Waals surface area contributed by atoms with Crippen LogP contribution in [0.15, 0.2) is 18.3 Å². The van der Waals surface area contributed by atoms with Crippen LogP contribution in [-0.2, 0) is 9.84 Å². The van der Waals surface area contributed by atoms with Gasteiger partial charge in [-0.2, -0.15) is 0 Å². The van der Waals surface area contributed by atoms with Gasteiger partial charge in [0.2, 0.25) is 0 Å². The summed E-state index contributed by atoms with van der Waals surface area (Å²) < 4.78 is 42.3. The van der Waals surface area contributed by atoms with E-state index in [-0.39, 0.29) is 17.9 Å². The van der Waals surface area contributed by atoms with Gasteiger partial charge in [0.15, 0.2) is 15.7 Å². The van der Waals surface area contributed by atoms with E-state index in [4.69, 9.17) is 4.74 Å². The molecule has 122 valence electrons. The van der Waals surface area contributed by atoms with Gasteiger partial charge >= 0.3 is 0 Å². The minimum absolute atomic E-state index is 0.0535. The highest BCUT2D eigenvalue weighted by Gasteiger charge is 2.31. The van der Waals surface area contributed by atoms with E-state index in [0.717, 1.165) is 32.4 Å². The Morgan fingerprint density at radius 3 is 3.00 bits per heavy atom. The predicted octanol–water partition coefficient (Wildman–Crippen LogP) is 1.50. The van der Waals surface area contributed by atoms with Gasteiger partial charge in [-0.3, -0.25) is 4.90 Å². The molecule has 0 amide bonds. The normalized spacial score (nSPS) is 28.6. The SMILES string of the molecule is O=S1(=O)CC[C@H](CN2CCC[C@H](Oc3ncccc3F)C2)C1. The Bertz CT molecular complexity index is 623. The van der Waals surface area contributed by atoms with E-state index in [2.05, 4.69) is 9.88 Å². The maximum Gasteiger partial charge on any atom is 0.250 e. The van der Waals surface area contributed by atoms with Crippen LogP contribution in [0.25, 0.3) is 0 Å². The number of aromatic nitrogens is 1. The molecule has 0 aromatic carbocycles. The predicted molar refractivity (Wildman–Crippen MR) is 81.0 cm³/mol. The second kappa shape index (κ2) is 6.50. The molecular weight excluding hydrogens is 307 g/mol. The summed E-state index contributed by atoms with van der Waals surface area (Å²) in [5, 5.41) is 0. The van der Waals surface area contributed by atoms with Crippen molar-refractivity contribution in [2.24, 2.45) is 5.92 Å². The maximum absolute atomic E-state index is 13.6. The number of halogens is 1. The lowest BCUT2D eigenvalue weighted by atomic mass is 10.0. The minimum atomic E-state index is -2.83. The fourth-order valence-corrected chi connectivity index (χ4v) is 5.12. The molecule has 0 bridgehead atoms. The second-order valence-corrected chi connectivity index (χ2v) is 8.43. The number of hydrogen-bond donors (Lipinski definition) is 0. The lowest BCUT2D eigenvalue weighted by molar-refractivity contribution is 0.0743. The van der Waals surface area contributed by atoms with Crippen molar-refractivity contribution in [3.8, 4) is 5.88 Å². The van der Waals surface area contributed by atoms with Crippen LogP contribution in [0.2, 0.25) is 0 Å². The molecule has 1 aromatic heterocycles. The Morgan fingerprint density at radius 1 is 1.41 bits per heavy atom. The molecule has 7 heteroatoms. The van der Waals surface area contributed by atoms with Crippen molar-refractivity contribution in [1.29, 1.82) is 0 Å². The fraction of sp³-hybridized carbons (Fsp3) is 0.667. The number of ether oxygens (including phenoxy) is 1. The zero-order chi connectivity index (χ0) is 15.6. The average molecular weight is 328 g/mol. The van der Waals surface area contributed by atoms with E-state index >= 15 is 0 Å². The molecule has 2 aliphatic rings. The average Bonchev–Trinajstić information content (AvgIpc) is 2.81. The summed E-state index contributed by atoms with van der Waals surface area (Å²) >= 11 is 0. The number of rotatable bonds is 4. The smallest absolute Gasteiger partial charge is 0.250 e. The summed E-state index contributed by atoms with van der Waals surface area (Å²) in [6.07, 6.45) is 4.02. The summed E-state index contributed by atoms with van der Waals surface area (Å²) in [5.74, 6) is 0.434. The van der Waals surface area contributed by atoms with Crippen LogP contribution in [0.4, 0.5) is 4.39 Å². The molecule has 3 heterocycles. The van der Waals surface area contributed by atoms with Crippen LogP contribution in [0.1, 0.15) is 19.3 Å². The van der Waals surface area contributed by atoms with Gasteiger partial charge in [-0.05, 0) is 43.9 Å². The molecule has 22 heavy (non-hydrogen) atoms. The van der Waals surface area contributed by atoms with Crippen LogP contribution in [0.5, 0.6) is 5.88 Å². The lowest BCUT2D eigenvalue weighted by Crippen LogP contribution is -2.43. The Balaban J connectivity index is 1.55. The van der Waals surface area contributed by atoms with Crippen LogP contribution >= 0.6 is 0 Å². The number of pyridine rings is 1. The minimum Gasteiger partial charge on any atom is -0.471 e. The summed E-state index contributed by atoms with van der Waals surface area (Å²) in [4.78, 5) is 6.16. The molecule has 0 aliphatic carbocycles. The van der Waals surface area contributed by atoms with Gasteiger partial charge in [0, 0.05) is 19.3 Å². The van der Waals surface area contributed by atoms with Crippen molar-refractivity contribution >= 4 is 9.84 Å². The molecule has 1 aromatic rings. The molecule has 0 radical (unpaired) electrons. The zero-order valence-electron chi connectivity index (χ0n) is 12.4. The van der Waals surface area contributed by atoms with Crippen LogP contribution in [-0.4, -0.2) is 55.5 Å². The largest absolute Gasteiger partial charge is 0.471 e. The number of hydrogen-bond acceptors (Lipinski definition) is 5.